The molecule has 0 saturated carbocycles. The lowest BCUT2D eigenvalue weighted by Gasteiger charge is -2.19. The van der Waals surface area contributed by atoms with E-state index in [1.165, 1.54) is 5.56 Å². The van der Waals surface area contributed by atoms with Crippen LogP contribution in [0.15, 0.2) is 302 Å². The molecule has 0 bridgehead atoms. The first-order chi connectivity index (χ1) is 39.2. The molecule has 0 unspecified atom stereocenters. The minimum Gasteiger partial charge on any atom is -0.455 e. The van der Waals surface area contributed by atoms with Gasteiger partial charge in [-0.2, -0.15) is 0 Å². The van der Waals surface area contributed by atoms with E-state index in [-0.39, 0.29) is 0 Å². The Morgan fingerprint density at radius 3 is 1.13 bits per heavy atom. The van der Waals surface area contributed by atoms with E-state index in [4.69, 9.17) is 19.4 Å². The van der Waals surface area contributed by atoms with Crippen LogP contribution >= 0.6 is 0 Å². The molecule has 14 rings (SSSR count). The fraction of sp³-hybridized carbons (Fsp3) is 0. The maximum Gasteiger partial charge on any atom is 0.144 e. The largest absolute Gasteiger partial charge is 0.455 e. The van der Waals surface area contributed by atoms with Gasteiger partial charge in [0.15, 0.2) is 0 Å². The van der Waals surface area contributed by atoms with Crippen LogP contribution in [0.3, 0.4) is 0 Å². The van der Waals surface area contributed by atoms with E-state index < -0.39 is 0 Å². The molecule has 14 aromatic rings. The average molecular weight is 1010 g/mol. The van der Waals surface area contributed by atoms with Crippen LogP contribution in [0.1, 0.15) is 0 Å². The van der Waals surface area contributed by atoms with E-state index in [0.29, 0.717) is 0 Å². The Kier molecular flexibility index (Phi) is 12.2. The minimum absolute atomic E-state index is 0.825. The van der Waals surface area contributed by atoms with Gasteiger partial charge in [-0.3, -0.25) is 15.0 Å². The number of nitrogens with zero attached hydrogens (tertiary/aromatic N) is 3. The molecule has 4 heteroatoms. The second-order valence-corrected chi connectivity index (χ2v) is 19.9. The molecule has 0 spiro atoms. The Labute approximate surface area is 459 Å². The lowest BCUT2D eigenvalue weighted by Crippen LogP contribution is -1.95. The van der Waals surface area contributed by atoms with Crippen molar-refractivity contribution < 1.29 is 4.42 Å². The second kappa shape index (κ2) is 20.5. The van der Waals surface area contributed by atoms with Crippen LogP contribution in [0, 0.1) is 0 Å². The van der Waals surface area contributed by atoms with Gasteiger partial charge in [0.25, 0.3) is 0 Å². The van der Waals surface area contributed by atoms with Gasteiger partial charge in [0.1, 0.15) is 11.2 Å². The summed E-state index contributed by atoms with van der Waals surface area (Å²) in [6.45, 7) is 0. The van der Waals surface area contributed by atoms with Crippen molar-refractivity contribution in [2.45, 2.75) is 0 Å². The van der Waals surface area contributed by atoms with Gasteiger partial charge < -0.3 is 4.42 Å². The van der Waals surface area contributed by atoms with Gasteiger partial charge in [-0.05, 0) is 121 Å². The summed E-state index contributed by atoms with van der Waals surface area (Å²) in [5, 5.41) is 2.15. The molecule has 4 nitrogen and oxygen atoms in total. The quantitative estimate of drug-likeness (QED) is 0.130. The summed E-state index contributed by atoms with van der Waals surface area (Å²) in [5.74, 6) is 0. The van der Waals surface area contributed by atoms with Crippen molar-refractivity contribution in [3.8, 4) is 123 Å². The fourth-order valence-electron chi connectivity index (χ4n) is 11.2. The Bertz CT molecular complexity index is 4350. The monoisotopic (exact) mass is 1010 g/mol. The van der Waals surface area contributed by atoms with E-state index in [2.05, 4.69) is 261 Å². The highest BCUT2D eigenvalue weighted by molar-refractivity contribution is 6.09. The molecule has 370 valence electrons. The highest BCUT2D eigenvalue weighted by atomic mass is 16.3. The fourth-order valence-corrected chi connectivity index (χ4v) is 11.2. The molecule has 10 aromatic carbocycles. The highest BCUT2D eigenvalue weighted by Crippen LogP contribution is 2.45. The maximum atomic E-state index is 6.61. The van der Waals surface area contributed by atoms with E-state index in [0.717, 1.165) is 139 Å². The summed E-state index contributed by atoms with van der Waals surface area (Å²) in [7, 11) is 0. The highest BCUT2D eigenvalue weighted by Gasteiger charge is 2.21. The molecule has 0 aliphatic heterocycles. The molecule has 4 heterocycles. The lowest BCUT2D eigenvalue weighted by atomic mass is 9.85. The zero-order valence-electron chi connectivity index (χ0n) is 43.0. The van der Waals surface area contributed by atoms with Crippen molar-refractivity contribution in [2.75, 3.05) is 0 Å². The van der Waals surface area contributed by atoms with E-state index in [1.54, 1.807) is 0 Å². The second-order valence-electron chi connectivity index (χ2n) is 19.9. The summed E-state index contributed by atoms with van der Waals surface area (Å²) in [6, 6.07) is 98.8. The smallest absolute Gasteiger partial charge is 0.144 e. The number of rotatable bonds is 11. The topological polar surface area (TPSA) is 51.8 Å². The van der Waals surface area contributed by atoms with Crippen molar-refractivity contribution in [1.29, 1.82) is 0 Å². The first-order valence-corrected chi connectivity index (χ1v) is 26.7. The molecule has 79 heavy (non-hydrogen) atoms. The predicted molar refractivity (Wildman–Crippen MR) is 327 cm³/mol. The average Bonchev–Trinajstić information content (AvgIpc) is 4.01. The Hall–Kier alpha value is -10.6. The van der Waals surface area contributed by atoms with Crippen LogP contribution in [-0.4, -0.2) is 15.0 Å². The van der Waals surface area contributed by atoms with Crippen molar-refractivity contribution in [3.05, 3.63) is 298 Å². The Morgan fingerprint density at radius 1 is 0.203 bits per heavy atom. The number of benzene rings is 10. The van der Waals surface area contributed by atoms with Gasteiger partial charge in [-0.25, -0.2) is 0 Å². The van der Waals surface area contributed by atoms with Crippen molar-refractivity contribution >= 4 is 21.9 Å². The van der Waals surface area contributed by atoms with Crippen LogP contribution in [0.5, 0.6) is 0 Å². The van der Waals surface area contributed by atoms with Gasteiger partial charge in [0.2, 0.25) is 0 Å². The molecule has 4 aromatic heterocycles. The number of hydrogen-bond acceptors (Lipinski definition) is 4. The van der Waals surface area contributed by atoms with Crippen molar-refractivity contribution in [1.82, 2.24) is 15.0 Å². The van der Waals surface area contributed by atoms with Gasteiger partial charge in [-0.1, -0.05) is 231 Å². The first-order valence-electron chi connectivity index (χ1n) is 26.7. The number of para-hydroxylation sites is 2. The zero-order chi connectivity index (χ0) is 52.5. The normalized spacial score (nSPS) is 11.3. The van der Waals surface area contributed by atoms with Gasteiger partial charge >= 0.3 is 0 Å². The molecule has 0 aliphatic carbocycles. The Morgan fingerprint density at radius 2 is 0.595 bits per heavy atom. The molecular weight excluding hydrogens is 959 g/mol. The van der Waals surface area contributed by atoms with Crippen molar-refractivity contribution in [2.24, 2.45) is 0 Å². The van der Waals surface area contributed by atoms with Gasteiger partial charge in [-0.15, -0.1) is 0 Å². The van der Waals surface area contributed by atoms with Crippen LogP contribution < -0.4 is 0 Å². The molecule has 0 amide bonds. The third kappa shape index (κ3) is 9.07. The van der Waals surface area contributed by atoms with E-state index in [1.807, 2.05) is 36.7 Å². The summed E-state index contributed by atoms with van der Waals surface area (Å²) in [6.07, 6.45) is 6.06. The van der Waals surface area contributed by atoms with Crippen LogP contribution in [0.25, 0.3) is 145 Å². The van der Waals surface area contributed by atoms with E-state index in [9.17, 15) is 0 Å². The standard InChI is InChI=1S/C75H49N3O/c1-4-19-50(20-5-1)51-35-37-52(38-36-51)69-46-73(68-33-18-32-67-66-31-16-17-34-74(66)79-75(67)68)78-49-70(69)65-30-15-14-29-64(65)59-44-57(62-27-12-10-25-60(62)55-39-41-71(76-47-55)53-21-6-2-7-22-53)43-58(45-59)63-28-13-11-26-61(63)56-40-42-72(77-48-56)54-23-8-3-9-24-54/h1-49H. The zero-order valence-corrected chi connectivity index (χ0v) is 43.0. The number of furan rings is 1. The SMILES string of the molecule is c1ccc(-c2ccc(-c3cc(-c4cccc5c4oc4ccccc45)ncc3-c3ccccc3-c3cc(-c4ccccc4-c4ccc(-c5ccccc5)nc4)cc(-c4ccccc4-c4ccc(-c5ccccc5)nc4)c3)cc2)cc1. The molecule has 0 atom stereocenters. The third-order valence-corrected chi connectivity index (χ3v) is 15.1. The third-order valence-electron chi connectivity index (χ3n) is 15.1. The summed E-state index contributed by atoms with van der Waals surface area (Å²) in [4.78, 5) is 15.3. The molecule has 0 fully saturated rings. The van der Waals surface area contributed by atoms with Gasteiger partial charge in [0, 0.05) is 62.7 Å². The molecule has 0 N–H and O–H groups in total. The molecule has 0 radical (unpaired) electrons. The number of fused-ring (bicyclic) bond motifs is 3. The Balaban J connectivity index is 0.953. The first kappa shape index (κ1) is 46.9. The lowest BCUT2D eigenvalue weighted by molar-refractivity contribution is 0.670. The van der Waals surface area contributed by atoms with Crippen LogP contribution in [0.2, 0.25) is 0 Å². The molecule has 0 saturated heterocycles. The van der Waals surface area contributed by atoms with Crippen LogP contribution in [0.4, 0.5) is 0 Å². The number of hydrogen-bond donors (Lipinski definition) is 0. The van der Waals surface area contributed by atoms with Crippen molar-refractivity contribution in [3.63, 3.8) is 0 Å². The molecule has 0 aliphatic rings. The predicted octanol–water partition coefficient (Wildman–Crippen LogP) is 20.1. The number of pyridine rings is 3. The van der Waals surface area contributed by atoms with Crippen LogP contribution in [-0.2, 0) is 0 Å². The van der Waals surface area contributed by atoms with Gasteiger partial charge in [0.05, 0.1) is 17.1 Å². The maximum absolute atomic E-state index is 6.61. The molecular formula is C75H49N3O. The summed E-state index contributed by atoms with van der Waals surface area (Å²) >= 11 is 0. The summed E-state index contributed by atoms with van der Waals surface area (Å²) in [5.41, 5.74) is 24.9. The summed E-state index contributed by atoms with van der Waals surface area (Å²) < 4.78 is 6.61. The van der Waals surface area contributed by atoms with E-state index >= 15 is 0 Å². The minimum atomic E-state index is 0.825. The number of aromatic nitrogens is 3.